The first-order valence-electron chi connectivity index (χ1n) is 8.87. The lowest BCUT2D eigenvalue weighted by molar-refractivity contribution is -0.150. The molecule has 2 N–H and O–H groups in total. The molecule has 0 bridgehead atoms. The zero-order valence-corrected chi connectivity index (χ0v) is 15.0. The molecule has 26 heavy (non-hydrogen) atoms. The first kappa shape index (κ1) is 18.2. The highest BCUT2D eigenvalue weighted by Gasteiger charge is 2.62. The molecule has 0 radical (unpaired) electrons. The van der Waals surface area contributed by atoms with Gasteiger partial charge in [0, 0.05) is 36.9 Å². The van der Waals surface area contributed by atoms with E-state index >= 15 is 0 Å². The molecule has 0 aromatic heterocycles. The summed E-state index contributed by atoms with van der Waals surface area (Å²) in [5.74, 6) is -0.858. The predicted molar refractivity (Wildman–Crippen MR) is 93.8 cm³/mol. The van der Waals surface area contributed by atoms with Gasteiger partial charge in [-0.3, -0.25) is 9.59 Å². The van der Waals surface area contributed by atoms with Gasteiger partial charge in [-0.1, -0.05) is 18.2 Å². The number of para-hydroxylation sites is 1. The zero-order valence-electron chi connectivity index (χ0n) is 15.0. The molecule has 1 spiro atoms. The lowest BCUT2D eigenvalue weighted by atomic mass is 9.87. The van der Waals surface area contributed by atoms with Crippen LogP contribution in [-0.4, -0.2) is 53.5 Å². The maximum absolute atomic E-state index is 13.1. The Hall–Kier alpha value is -2.57. The summed E-state index contributed by atoms with van der Waals surface area (Å²) < 4.78 is 5.70. The van der Waals surface area contributed by atoms with Gasteiger partial charge in [0.25, 0.3) is 0 Å². The van der Waals surface area contributed by atoms with Crippen LogP contribution in [0.15, 0.2) is 24.3 Å². The largest absolute Gasteiger partial charge is 0.493 e. The monoisotopic (exact) mass is 360 g/mol. The third-order valence-electron chi connectivity index (χ3n) is 5.44. The Morgan fingerprint density at radius 1 is 1.38 bits per heavy atom. The number of fused-ring (bicyclic) bond motifs is 2. The van der Waals surface area contributed by atoms with Crippen molar-refractivity contribution in [2.45, 2.75) is 38.1 Å². The van der Waals surface area contributed by atoms with Gasteiger partial charge in [-0.25, -0.2) is 4.79 Å². The average Bonchev–Trinajstić information content (AvgIpc) is 3.32. The lowest BCUT2D eigenvalue weighted by Gasteiger charge is -2.30. The SMILES string of the molecule is CC(=O)NCCN(C(=O)C1CC12CCOc1ccccc12)C(C)C(=O)O. The molecule has 2 aliphatic rings. The lowest BCUT2D eigenvalue weighted by Crippen LogP contribution is -2.48. The number of carboxylic acids is 1. The van der Waals surface area contributed by atoms with Crippen molar-refractivity contribution in [1.82, 2.24) is 10.2 Å². The van der Waals surface area contributed by atoms with E-state index in [0.29, 0.717) is 13.0 Å². The summed E-state index contributed by atoms with van der Waals surface area (Å²) in [5, 5.41) is 12.0. The first-order chi connectivity index (χ1) is 12.4. The Morgan fingerprint density at radius 3 is 2.81 bits per heavy atom. The number of carbonyl (C=O) groups is 3. The molecule has 0 saturated heterocycles. The Labute approximate surface area is 152 Å². The van der Waals surface area contributed by atoms with Crippen LogP contribution in [0.2, 0.25) is 0 Å². The summed E-state index contributed by atoms with van der Waals surface area (Å²) in [6.45, 7) is 3.86. The number of benzene rings is 1. The fraction of sp³-hybridized carbons (Fsp3) is 0.526. The highest BCUT2D eigenvalue weighted by Crippen LogP contribution is 2.61. The summed E-state index contributed by atoms with van der Waals surface area (Å²) >= 11 is 0. The summed E-state index contributed by atoms with van der Waals surface area (Å²) in [6.07, 6.45) is 1.45. The molecule has 140 valence electrons. The normalized spacial score (nSPS) is 24.2. The van der Waals surface area contributed by atoms with Gasteiger partial charge < -0.3 is 20.1 Å². The standard InChI is InChI=1S/C19H24N2O5/c1-12(18(24)25)21(9-8-20-13(2)22)17(23)15-11-19(15)7-10-26-16-6-4-3-5-14(16)19/h3-6,12,15H,7-11H2,1-2H3,(H,20,22)(H,24,25). The van der Waals surface area contributed by atoms with E-state index in [1.807, 2.05) is 24.3 Å². The minimum Gasteiger partial charge on any atom is -0.493 e. The molecule has 7 nitrogen and oxygen atoms in total. The highest BCUT2D eigenvalue weighted by atomic mass is 16.5. The number of hydrogen-bond acceptors (Lipinski definition) is 4. The Kier molecular flexibility index (Phi) is 4.89. The van der Waals surface area contributed by atoms with Gasteiger partial charge >= 0.3 is 5.97 Å². The van der Waals surface area contributed by atoms with Gasteiger partial charge in [0.05, 0.1) is 6.61 Å². The third kappa shape index (κ3) is 3.25. The number of aliphatic carboxylic acids is 1. The molecule has 3 rings (SSSR count). The molecular weight excluding hydrogens is 336 g/mol. The molecular formula is C19H24N2O5. The quantitative estimate of drug-likeness (QED) is 0.794. The van der Waals surface area contributed by atoms with Gasteiger partial charge in [0.15, 0.2) is 0 Å². The fourth-order valence-electron chi connectivity index (χ4n) is 3.87. The van der Waals surface area contributed by atoms with Gasteiger partial charge in [0.1, 0.15) is 11.8 Å². The van der Waals surface area contributed by atoms with Crippen LogP contribution >= 0.6 is 0 Å². The number of carbonyl (C=O) groups excluding carboxylic acids is 2. The number of carboxylic acid groups (broad SMARTS) is 1. The average molecular weight is 360 g/mol. The molecule has 1 heterocycles. The Balaban J connectivity index is 1.78. The summed E-state index contributed by atoms with van der Waals surface area (Å²) in [6, 6.07) is 6.80. The summed E-state index contributed by atoms with van der Waals surface area (Å²) in [7, 11) is 0. The van der Waals surface area contributed by atoms with Crippen molar-refractivity contribution in [2.24, 2.45) is 5.92 Å². The summed E-state index contributed by atoms with van der Waals surface area (Å²) in [5.41, 5.74) is 0.783. The van der Waals surface area contributed by atoms with Gasteiger partial charge in [-0.15, -0.1) is 0 Å². The zero-order chi connectivity index (χ0) is 18.9. The number of hydrogen-bond donors (Lipinski definition) is 2. The molecule has 2 amide bonds. The van der Waals surface area contributed by atoms with Crippen molar-refractivity contribution < 1.29 is 24.2 Å². The van der Waals surface area contributed by atoms with E-state index in [9.17, 15) is 19.5 Å². The molecule has 1 aromatic rings. The third-order valence-corrected chi connectivity index (χ3v) is 5.44. The van der Waals surface area contributed by atoms with Crippen LogP contribution in [0.5, 0.6) is 5.75 Å². The number of nitrogens with zero attached hydrogens (tertiary/aromatic N) is 1. The Bertz CT molecular complexity index is 734. The van der Waals surface area contributed by atoms with Crippen molar-refractivity contribution in [3.63, 3.8) is 0 Å². The van der Waals surface area contributed by atoms with E-state index in [-0.39, 0.29) is 36.2 Å². The minimum atomic E-state index is -1.05. The van der Waals surface area contributed by atoms with E-state index in [0.717, 1.165) is 17.7 Å². The maximum Gasteiger partial charge on any atom is 0.326 e. The van der Waals surface area contributed by atoms with Crippen LogP contribution in [0.1, 0.15) is 32.3 Å². The molecule has 1 aliphatic carbocycles. The van der Waals surface area contributed by atoms with E-state index in [4.69, 9.17) is 4.74 Å². The predicted octanol–water partition coefficient (Wildman–Crippen LogP) is 1.16. The molecule has 3 atom stereocenters. The van der Waals surface area contributed by atoms with Crippen LogP contribution in [0.4, 0.5) is 0 Å². The topological polar surface area (TPSA) is 95.9 Å². The molecule has 1 saturated carbocycles. The van der Waals surface area contributed by atoms with Crippen molar-refractivity contribution in [3.8, 4) is 5.75 Å². The van der Waals surface area contributed by atoms with Crippen LogP contribution in [0.25, 0.3) is 0 Å². The highest BCUT2D eigenvalue weighted by molar-refractivity contribution is 5.89. The van der Waals surface area contributed by atoms with E-state index < -0.39 is 12.0 Å². The van der Waals surface area contributed by atoms with Crippen molar-refractivity contribution in [1.29, 1.82) is 0 Å². The van der Waals surface area contributed by atoms with Crippen molar-refractivity contribution in [3.05, 3.63) is 29.8 Å². The molecule has 1 fully saturated rings. The second-order valence-electron chi connectivity index (χ2n) is 7.04. The summed E-state index contributed by atoms with van der Waals surface area (Å²) in [4.78, 5) is 37.0. The van der Waals surface area contributed by atoms with Crippen LogP contribution < -0.4 is 10.1 Å². The smallest absolute Gasteiger partial charge is 0.326 e. The van der Waals surface area contributed by atoms with Crippen LogP contribution in [0.3, 0.4) is 0 Å². The molecule has 1 aliphatic heterocycles. The molecule has 7 heteroatoms. The second kappa shape index (κ2) is 6.97. The van der Waals surface area contributed by atoms with Crippen molar-refractivity contribution in [2.75, 3.05) is 19.7 Å². The first-order valence-corrected chi connectivity index (χ1v) is 8.87. The molecule has 3 unspecified atom stereocenters. The second-order valence-corrected chi connectivity index (χ2v) is 7.04. The molecule has 1 aromatic carbocycles. The van der Waals surface area contributed by atoms with Gasteiger partial charge in [-0.05, 0) is 25.8 Å². The number of nitrogens with one attached hydrogen (secondary N) is 1. The number of amides is 2. The fourth-order valence-corrected chi connectivity index (χ4v) is 3.87. The van der Waals surface area contributed by atoms with Crippen LogP contribution in [0, 0.1) is 5.92 Å². The number of rotatable bonds is 6. The van der Waals surface area contributed by atoms with Crippen LogP contribution in [-0.2, 0) is 19.8 Å². The van der Waals surface area contributed by atoms with E-state index in [1.165, 1.54) is 18.7 Å². The minimum absolute atomic E-state index is 0.165. The Morgan fingerprint density at radius 2 is 2.12 bits per heavy atom. The van der Waals surface area contributed by atoms with E-state index in [2.05, 4.69) is 5.32 Å². The van der Waals surface area contributed by atoms with E-state index in [1.54, 1.807) is 0 Å². The van der Waals surface area contributed by atoms with Gasteiger partial charge in [-0.2, -0.15) is 0 Å². The van der Waals surface area contributed by atoms with Crippen molar-refractivity contribution >= 4 is 17.8 Å². The maximum atomic E-state index is 13.1. The van der Waals surface area contributed by atoms with Gasteiger partial charge in [0.2, 0.25) is 11.8 Å². The number of ether oxygens (including phenoxy) is 1.